The number of aliphatic carboxylic acids is 1. The fraction of sp³-hybridized carbons (Fsp3) is 0.500. The Bertz CT molecular complexity index is 597. The molecule has 2 N–H and O–H groups in total. The van der Waals surface area contributed by atoms with Gasteiger partial charge in [-0.2, -0.15) is 13.2 Å². The number of hydrogen-bond acceptors (Lipinski definition) is 3. The SMILES string of the molecule is O=C(Cc1ccccc1C(F)(F)F)NC(C(=O)O)C1CCCOC1. The summed E-state index contributed by atoms with van der Waals surface area (Å²) in [7, 11) is 0. The summed E-state index contributed by atoms with van der Waals surface area (Å²) in [6, 6.07) is 3.58. The van der Waals surface area contributed by atoms with E-state index in [1.54, 1.807) is 0 Å². The Hall–Kier alpha value is -2.09. The molecule has 1 saturated heterocycles. The van der Waals surface area contributed by atoms with Crippen molar-refractivity contribution in [2.75, 3.05) is 13.2 Å². The van der Waals surface area contributed by atoms with E-state index in [2.05, 4.69) is 5.32 Å². The van der Waals surface area contributed by atoms with Gasteiger partial charge in [0.2, 0.25) is 5.91 Å². The normalized spacial score (nSPS) is 19.5. The molecule has 5 nitrogen and oxygen atoms in total. The summed E-state index contributed by atoms with van der Waals surface area (Å²) >= 11 is 0. The number of nitrogens with one attached hydrogen (secondary N) is 1. The summed E-state index contributed by atoms with van der Waals surface area (Å²) in [6.45, 7) is 0.742. The van der Waals surface area contributed by atoms with E-state index < -0.39 is 42.0 Å². The maximum atomic E-state index is 12.9. The summed E-state index contributed by atoms with van der Waals surface area (Å²) in [6.07, 6.45) is -3.84. The van der Waals surface area contributed by atoms with Gasteiger partial charge in [-0.25, -0.2) is 4.79 Å². The molecule has 1 heterocycles. The van der Waals surface area contributed by atoms with Crippen LogP contribution in [0.15, 0.2) is 24.3 Å². The van der Waals surface area contributed by atoms with Crippen LogP contribution in [0.4, 0.5) is 13.2 Å². The molecule has 2 atom stereocenters. The van der Waals surface area contributed by atoms with Gasteiger partial charge in [-0.05, 0) is 24.5 Å². The van der Waals surface area contributed by atoms with E-state index in [1.165, 1.54) is 18.2 Å². The molecule has 8 heteroatoms. The van der Waals surface area contributed by atoms with Crippen molar-refractivity contribution in [3.63, 3.8) is 0 Å². The quantitative estimate of drug-likeness (QED) is 0.858. The predicted molar refractivity (Wildman–Crippen MR) is 78.3 cm³/mol. The monoisotopic (exact) mass is 345 g/mol. The molecule has 0 aromatic heterocycles. The van der Waals surface area contributed by atoms with Gasteiger partial charge >= 0.3 is 12.1 Å². The summed E-state index contributed by atoms with van der Waals surface area (Å²) in [5, 5.41) is 11.6. The molecule has 1 aromatic carbocycles. The van der Waals surface area contributed by atoms with Crippen LogP contribution >= 0.6 is 0 Å². The first-order valence-corrected chi connectivity index (χ1v) is 7.54. The zero-order valence-electron chi connectivity index (χ0n) is 12.8. The van der Waals surface area contributed by atoms with E-state index in [-0.39, 0.29) is 12.2 Å². The van der Waals surface area contributed by atoms with Crippen molar-refractivity contribution >= 4 is 11.9 Å². The topological polar surface area (TPSA) is 75.6 Å². The number of rotatable bonds is 5. The van der Waals surface area contributed by atoms with Gasteiger partial charge in [0.05, 0.1) is 18.6 Å². The maximum absolute atomic E-state index is 12.9. The molecule has 1 aromatic rings. The molecular weight excluding hydrogens is 327 g/mol. The number of carbonyl (C=O) groups excluding carboxylic acids is 1. The molecule has 132 valence electrons. The molecule has 0 aliphatic carbocycles. The molecule has 0 spiro atoms. The van der Waals surface area contributed by atoms with Crippen molar-refractivity contribution in [3.05, 3.63) is 35.4 Å². The summed E-state index contributed by atoms with van der Waals surface area (Å²) < 4.78 is 44.0. The van der Waals surface area contributed by atoms with Crippen LogP contribution in [0.3, 0.4) is 0 Å². The largest absolute Gasteiger partial charge is 0.480 e. The lowest BCUT2D eigenvalue weighted by Gasteiger charge is -2.28. The van der Waals surface area contributed by atoms with Crippen LogP contribution in [0.1, 0.15) is 24.0 Å². The number of carbonyl (C=O) groups is 2. The minimum Gasteiger partial charge on any atom is -0.480 e. The van der Waals surface area contributed by atoms with Gasteiger partial charge in [0, 0.05) is 12.5 Å². The van der Waals surface area contributed by atoms with Crippen molar-refractivity contribution in [1.29, 1.82) is 0 Å². The van der Waals surface area contributed by atoms with E-state index in [4.69, 9.17) is 4.74 Å². The summed E-state index contributed by atoms with van der Waals surface area (Å²) in [5.74, 6) is -2.37. The standard InChI is InChI=1S/C16H18F3NO4/c17-16(18,19)12-6-2-1-4-10(12)8-13(21)20-14(15(22)23)11-5-3-7-24-9-11/h1-2,4,6,11,14H,3,5,7-9H2,(H,20,21)(H,22,23). The zero-order chi connectivity index (χ0) is 17.7. The molecule has 1 aliphatic heterocycles. The van der Waals surface area contributed by atoms with Crippen LogP contribution in [-0.2, 0) is 26.9 Å². The molecule has 0 bridgehead atoms. The molecule has 0 saturated carbocycles. The lowest BCUT2D eigenvalue weighted by molar-refractivity contribution is -0.145. The van der Waals surface area contributed by atoms with Gasteiger partial charge in [0.25, 0.3) is 0 Å². The van der Waals surface area contributed by atoms with Crippen LogP contribution in [0.2, 0.25) is 0 Å². The van der Waals surface area contributed by atoms with E-state index in [9.17, 15) is 27.9 Å². The highest BCUT2D eigenvalue weighted by atomic mass is 19.4. The number of hydrogen-bond donors (Lipinski definition) is 2. The molecule has 2 rings (SSSR count). The Morgan fingerprint density at radius 1 is 1.33 bits per heavy atom. The highest BCUT2D eigenvalue weighted by Gasteiger charge is 2.35. The molecule has 2 unspecified atom stereocenters. The smallest absolute Gasteiger partial charge is 0.416 e. The van der Waals surface area contributed by atoms with Crippen molar-refractivity contribution in [2.24, 2.45) is 5.92 Å². The molecule has 1 amide bonds. The molecule has 24 heavy (non-hydrogen) atoms. The number of ether oxygens (including phenoxy) is 1. The van der Waals surface area contributed by atoms with Gasteiger partial charge in [-0.1, -0.05) is 18.2 Å². The minimum atomic E-state index is -4.57. The minimum absolute atomic E-state index is 0.188. The van der Waals surface area contributed by atoms with Crippen LogP contribution in [0.5, 0.6) is 0 Å². The lowest BCUT2D eigenvalue weighted by atomic mass is 9.93. The fourth-order valence-corrected chi connectivity index (χ4v) is 2.76. The number of halogens is 3. The van der Waals surface area contributed by atoms with Gasteiger partial charge < -0.3 is 15.2 Å². The molecule has 1 aliphatic rings. The Balaban J connectivity index is 2.08. The number of carboxylic acids is 1. The second-order valence-corrected chi connectivity index (χ2v) is 5.69. The number of carboxylic acid groups (broad SMARTS) is 1. The lowest BCUT2D eigenvalue weighted by Crippen LogP contribution is -2.48. The van der Waals surface area contributed by atoms with Crippen molar-refractivity contribution in [1.82, 2.24) is 5.32 Å². The number of alkyl halides is 3. The molecule has 1 fully saturated rings. The zero-order valence-corrected chi connectivity index (χ0v) is 12.8. The maximum Gasteiger partial charge on any atom is 0.416 e. The van der Waals surface area contributed by atoms with E-state index >= 15 is 0 Å². The van der Waals surface area contributed by atoms with Gasteiger partial charge in [0.15, 0.2) is 0 Å². The van der Waals surface area contributed by atoms with Crippen molar-refractivity contribution in [3.8, 4) is 0 Å². The second-order valence-electron chi connectivity index (χ2n) is 5.69. The first kappa shape index (κ1) is 18.3. The van der Waals surface area contributed by atoms with Gasteiger partial charge in [-0.15, -0.1) is 0 Å². The van der Waals surface area contributed by atoms with Crippen molar-refractivity contribution in [2.45, 2.75) is 31.5 Å². The Morgan fingerprint density at radius 3 is 2.62 bits per heavy atom. The van der Waals surface area contributed by atoms with Crippen LogP contribution in [0.25, 0.3) is 0 Å². The second kappa shape index (κ2) is 7.65. The third-order valence-electron chi connectivity index (χ3n) is 3.92. The third kappa shape index (κ3) is 4.70. The van der Waals surface area contributed by atoms with Gasteiger partial charge in [0.1, 0.15) is 6.04 Å². The Kier molecular flexibility index (Phi) is 5.82. The van der Waals surface area contributed by atoms with E-state index in [0.717, 1.165) is 6.07 Å². The highest BCUT2D eigenvalue weighted by Crippen LogP contribution is 2.32. The first-order valence-electron chi connectivity index (χ1n) is 7.54. The average molecular weight is 345 g/mol. The Morgan fingerprint density at radius 2 is 2.04 bits per heavy atom. The van der Waals surface area contributed by atoms with Crippen molar-refractivity contribution < 1.29 is 32.6 Å². The Labute approximate surface area is 136 Å². The fourth-order valence-electron chi connectivity index (χ4n) is 2.76. The third-order valence-corrected chi connectivity index (χ3v) is 3.92. The highest BCUT2D eigenvalue weighted by molar-refractivity contribution is 5.85. The first-order chi connectivity index (χ1) is 11.3. The van der Waals surface area contributed by atoms with Crippen LogP contribution in [0, 0.1) is 5.92 Å². The number of amides is 1. The van der Waals surface area contributed by atoms with Gasteiger partial charge in [-0.3, -0.25) is 4.79 Å². The predicted octanol–water partition coefficient (Wildman–Crippen LogP) is 2.24. The average Bonchev–Trinajstić information content (AvgIpc) is 2.52. The van der Waals surface area contributed by atoms with E-state index in [1.807, 2.05) is 0 Å². The molecule has 0 radical (unpaired) electrons. The molecular formula is C16H18F3NO4. The summed E-state index contributed by atoms with van der Waals surface area (Å²) in [4.78, 5) is 23.4. The number of benzene rings is 1. The van der Waals surface area contributed by atoms with Crippen LogP contribution in [-0.4, -0.2) is 36.2 Å². The van der Waals surface area contributed by atoms with Crippen LogP contribution < -0.4 is 5.32 Å². The summed E-state index contributed by atoms with van der Waals surface area (Å²) in [5.41, 5.74) is -1.08. The van der Waals surface area contributed by atoms with E-state index in [0.29, 0.717) is 19.4 Å².